The lowest BCUT2D eigenvalue weighted by Gasteiger charge is -2.08. The predicted octanol–water partition coefficient (Wildman–Crippen LogP) is 3.78. The molecule has 3 rings (SSSR count). The third-order valence-electron chi connectivity index (χ3n) is 2.60. The van der Waals surface area contributed by atoms with Gasteiger partial charge in [-0.3, -0.25) is 4.98 Å². The number of aryl methyl sites for hydroxylation is 1. The van der Waals surface area contributed by atoms with Crippen LogP contribution in [0.3, 0.4) is 0 Å². The molecular weight excluding hydrogens is 262 g/mol. The van der Waals surface area contributed by atoms with E-state index in [2.05, 4.69) is 15.0 Å². The highest BCUT2D eigenvalue weighted by Crippen LogP contribution is 2.28. The van der Waals surface area contributed by atoms with Crippen LogP contribution in [0, 0.1) is 6.92 Å². The van der Waals surface area contributed by atoms with E-state index < -0.39 is 0 Å². The highest BCUT2D eigenvalue weighted by atomic mass is 35.5. The molecule has 0 atom stereocenters. The highest BCUT2D eigenvalue weighted by molar-refractivity contribution is 6.29. The van der Waals surface area contributed by atoms with Gasteiger partial charge in [0.15, 0.2) is 0 Å². The number of ether oxygens (including phenoxy) is 1. The molecule has 94 valence electrons. The van der Waals surface area contributed by atoms with Gasteiger partial charge in [-0.25, -0.2) is 4.98 Å². The summed E-state index contributed by atoms with van der Waals surface area (Å²) in [6.07, 6.45) is 1.75. The first-order chi connectivity index (χ1) is 9.22. The summed E-state index contributed by atoms with van der Waals surface area (Å²) in [5.74, 6) is 1.69. The van der Waals surface area contributed by atoms with Crippen molar-refractivity contribution in [3.8, 4) is 11.6 Å². The van der Waals surface area contributed by atoms with Crippen LogP contribution in [0.4, 0.5) is 0 Å². The quantitative estimate of drug-likeness (QED) is 0.666. The zero-order valence-electron chi connectivity index (χ0n) is 10.2. The summed E-state index contributed by atoms with van der Waals surface area (Å²) in [6.45, 7) is 1.77. The smallest absolute Gasteiger partial charge is 0.224 e. The number of fused-ring (bicyclic) bond motifs is 1. The van der Waals surface area contributed by atoms with Crippen LogP contribution in [0.25, 0.3) is 10.9 Å². The first-order valence-electron chi connectivity index (χ1n) is 5.75. The molecule has 0 saturated carbocycles. The van der Waals surface area contributed by atoms with Crippen molar-refractivity contribution in [1.82, 2.24) is 15.0 Å². The van der Waals surface area contributed by atoms with Crippen LogP contribution in [0.5, 0.6) is 11.6 Å². The summed E-state index contributed by atoms with van der Waals surface area (Å²) in [5.41, 5.74) is 0.872. The number of pyridine rings is 1. The summed E-state index contributed by atoms with van der Waals surface area (Å²) in [6, 6.07) is 11.1. The zero-order valence-corrected chi connectivity index (χ0v) is 10.9. The normalized spacial score (nSPS) is 10.6. The molecule has 0 N–H and O–H groups in total. The van der Waals surface area contributed by atoms with Gasteiger partial charge in [-0.15, -0.1) is 0 Å². The molecule has 0 radical (unpaired) electrons. The van der Waals surface area contributed by atoms with Gasteiger partial charge in [-0.05, 0) is 31.2 Å². The van der Waals surface area contributed by atoms with E-state index in [9.17, 15) is 0 Å². The van der Waals surface area contributed by atoms with Crippen molar-refractivity contribution in [2.45, 2.75) is 6.92 Å². The fourth-order valence-electron chi connectivity index (χ4n) is 1.83. The average Bonchev–Trinajstić information content (AvgIpc) is 2.38. The summed E-state index contributed by atoms with van der Waals surface area (Å²) in [5, 5.41) is 1.29. The summed E-state index contributed by atoms with van der Waals surface area (Å²) >= 11 is 5.89. The molecule has 2 aromatic heterocycles. The van der Waals surface area contributed by atoms with Gasteiger partial charge in [0.1, 0.15) is 16.7 Å². The Hall–Kier alpha value is -2.20. The lowest BCUT2D eigenvalue weighted by Crippen LogP contribution is -1.94. The van der Waals surface area contributed by atoms with Gasteiger partial charge in [0.2, 0.25) is 5.88 Å². The van der Waals surface area contributed by atoms with Gasteiger partial charge in [0, 0.05) is 17.6 Å². The number of halogens is 1. The van der Waals surface area contributed by atoms with Crippen LogP contribution in [-0.4, -0.2) is 15.0 Å². The topological polar surface area (TPSA) is 47.9 Å². The molecule has 0 fully saturated rings. The van der Waals surface area contributed by atoms with E-state index in [1.807, 2.05) is 30.3 Å². The predicted molar refractivity (Wildman–Crippen MR) is 73.6 cm³/mol. The third-order valence-corrected chi connectivity index (χ3v) is 2.80. The number of hydrogen-bond donors (Lipinski definition) is 0. The molecule has 5 heteroatoms. The van der Waals surface area contributed by atoms with E-state index in [0.29, 0.717) is 22.6 Å². The molecule has 3 aromatic rings. The van der Waals surface area contributed by atoms with E-state index >= 15 is 0 Å². The van der Waals surface area contributed by atoms with Crippen molar-refractivity contribution >= 4 is 22.5 Å². The van der Waals surface area contributed by atoms with Crippen LogP contribution in [-0.2, 0) is 0 Å². The van der Waals surface area contributed by atoms with E-state index in [4.69, 9.17) is 16.3 Å². The van der Waals surface area contributed by atoms with Gasteiger partial charge < -0.3 is 4.74 Å². The number of hydrogen-bond acceptors (Lipinski definition) is 4. The summed E-state index contributed by atoms with van der Waals surface area (Å²) < 4.78 is 5.78. The van der Waals surface area contributed by atoms with Crippen molar-refractivity contribution in [3.63, 3.8) is 0 Å². The van der Waals surface area contributed by atoms with Crippen molar-refractivity contribution in [2.75, 3.05) is 0 Å². The van der Waals surface area contributed by atoms with Crippen molar-refractivity contribution in [2.24, 2.45) is 0 Å². The third kappa shape index (κ3) is 2.48. The molecule has 0 amide bonds. The highest BCUT2D eigenvalue weighted by Gasteiger charge is 2.06. The first kappa shape index (κ1) is 11.9. The van der Waals surface area contributed by atoms with Crippen LogP contribution in [0.2, 0.25) is 5.15 Å². The Morgan fingerprint density at radius 2 is 2.00 bits per heavy atom. The molecule has 2 heterocycles. The molecule has 19 heavy (non-hydrogen) atoms. The fraction of sp³-hybridized carbons (Fsp3) is 0.0714. The Bertz CT molecular complexity index is 720. The second-order valence-electron chi connectivity index (χ2n) is 4.00. The van der Waals surface area contributed by atoms with E-state index in [-0.39, 0.29) is 0 Å². The largest absolute Gasteiger partial charge is 0.438 e. The molecule has 0 spiro atoms. The number of benzene rings is 1. The number of nitrogens with zero attached hydrogens (tertiary/aromatic N) is 3. The first-order valence-corrected chi connectivity index (χ1v) is 6.13. The van der Waals surface area contributed by atoms with Crippen molar-refractivity contribution in [3.05, 3.63) is 53.6 Å². The number of aromatic nitrogens is 3. The van der Waals surface area contributed by atoms with E-state index in [0.717, 1.165) is 10.9 Å². The zero-order chi connectivity index (χ0) is 13.2. The number of rotatable bonds is 2. The second-order valence-corrected chi connectivity index (χ2v) is 4.39. The maximum absolute atomic E-state index is 5.89. The molecular formula is C14H10ClN3O. The Labute approximate surface area is 115 Å². The Balaban J connectivity index is 2.05. The molecule has 4 nitrogen and oxygen atoms in total. The van der Waals surface area contributed by atoms with Gasteiger partial charge in [0.05, 0.1) is 5.52 Å². The maximum Gasteiger partial charge on any atom is 0.224 e. The lowest BCUT2D eigenvalue weighted by atomic mass is 10.2. The molecule has 0 unspecified atom stereocenters. The van der Waals surface area contributed by atoms with Gasteiger partial charge in [0.25, 0.3) is 0 Å². The average molecular weight is 272 g/mol. The van der Waals surface area contributed by atoms with Crippen LogP contribution < -0.4 is 4.74 Å². The molecule has 0 aliphatic rings. The Morgan fingerprint density at radius 3 is 2.84 bits per heavy atom. The minimum Gasteiger partial charge on any atom is -0.438 e. The molecule has 1 aromatic carbocycles. The summed E-state index contributed by atoms with van der Waals surface area (Å²) in [7, 11) is 0. The van der Waals surface area contributed by atoms with Crippen LogP contribution >= 0.6 is 11.6 Å². The van der Waals surface area contributed by atoms with Crippen molar-refractivity contribution < 1.29 is 4.74 Å². The van der Waals surface area contributed by atoms with E-state index in [1.54, 1.807) is 19.2 Å². The second kappa shape index (κ2) is 4.82. The Kier molecular flexibility index (Phi) is 3.01. The van der Waals surface area contributed by atoms with Crippen molar-refractivity contribution in [1.29, 1.82) is 0 Å². The van der Waals surface area contributed by atoms with Gasteiger partial charge in [-0.2, -0.15) is 4.98 Å². The van der Waals surface area contributed by atoms with Crippen LogP contribution in [0.15, 0.2) is 42.6 Å². The lowest BCUT2D eigenvalue weighted by molar-refractivity contribution is 0.465. The standard InChI is InChI=1S/C14H10ClN3O/c1-9-17-13(15)8-14(18-9)19-12-6-2-5-11-10(12)4-3-7-16-11/h2-8H,1H3. The minimum atomic E-state index is 0.362. The Morgan fingerprint density at radius 1 is 1.11 bits per heavy atom. The molecule has 0 aliphatic carbocycles. The minimum absolute atomic E-state index is 0.362. The van der Waals surface area contributed by atoms with Crippen LogP contribution in [0.1, 0.15) is 5.82 Å². The molecule has 0 bridgehead atoms. The van der Waals surface area contributed by atoms with Gasteiger partial charge >= 0.3 is 0 Å². The SMILES string of the molecule is Cc1nc(Cl)cc(Oc2cccc3ncccc23)n1. The monoisotopic (exact) mass is 271 g/mol. The van der Waals surface area contributed by atoms with Gasteiger partial charge in [-0.1, -0.05) is 17.7 Å². The van der Waals surface area contributed by atoms with E-state index in [1.165, 1.54) is 0 Å². The summed E-state index contributed by atoms with van der Waals surface area (Å²) in [4.78, 5) is 12.5. The maximum atomic E-state index is 5.89. The fourth-order valence-corrected chi connectivity index (χ4v) is 2.05. The molecule has 0 aliphatic heterocycles. The molecule has 0 saturated heterocycles.